The molecule has 0 aliphatic heterocycles. The third-order valence-corrected chi connectivity index (χ3v) is 4.97. The summed E-state index contributed by atoms with van der Waals surface area (Å²) in [6.45, 7) is 0.587. The summed E-state index contributed by atoms with van der Waals surface area (Å²) in [6.07, 6.45) is 3.06. The molecule has 30 heavy (non-hydrogen) atoms. The average Bonchev–Trinajstić information content (AvgIpc) is 3.39. The van der Waals surface area contributed by atoms with Crippen LogP contribution in [0.3, 0.4) is 0 Å². The Balaban J connectivity index is 1.45. The molecule has 0 spiro atoms. The van der Waals surface area contributed by atoms with Gasteiger partial charge in [0.2, 0.25) is 0 Å². The number of hydrogen-bond acceptors (Lipinski definition) is 4. The van der Waals surface area contributed by atoms with Gasteiger partial charge in [-0.15, -0.1) is 0 Å². The van der Waals surface area contributed by atoms with Crippen LogP contribution in [0.15, 0.2) is 77.5 Å². The van der Waals surface area contributed by atoms with Crippen molar-refractivity contribution in [2.45, 2.75) is 13.2 Å². The minimum absolute atomic E-state index is 0.184. The number of anilines is 1. The number of rotatable bonds is 7. The fourth-order valence-electron chi connectivity index (χ4n) is 2.88. The number of furan rings is 1. The van der Waals surface area contributed by atoms with Crippen molar-refractivity contribution < 1.29 is 13.9 Å². The fourth-order valence-corrected chi connectivity index (χ4v) is 3.34. The molecule has 0 bridgehead atoms. The normalized spacial score (nSPS) is 10.7. The number of para-hydroxylation sites is 1. The summed E-state index contributed by atoms with van der Waals surface area (Å²) in [6, 6.07) is 18.0. The van der Waals surface area contributed by atoms with E-state index in [1.54, 1.807) is 35.1 Å². The number of nitrogens with one attached hydrogen (secondary N) is 1. The van der Waals surface area contributed by atoms with Crippen LogP contribution in [0.1, 0.15) is 21.7 Å². The third-order valence-electron chi connectivity index (χ3n) is 4.38. The van der Waals surface area contributed by atoms with Gasteiger partial charge in [-0.1, -0.05) is 47.5 Å². The van der Waals surface area contributed by atoms with Crippen LogP contribution < -0.4 is 10.1 Å². The number of halogens is 2. The summed E-state index contributed by atoms with van der Waals surface area (Å²) < 4.78 is 12.8. The highest BCUT2D eigenvalue weighted by Crippen LogP contribution is 2.23. The molecule has 4 rings (SSSR count). The van der Waals surface area contributed by atoms with Crippen LogP contribution in [0.5, 0.6) is 5.75 Å². The van der Waals surface area contributed by atoms with Gasteiger partial charge >= 0.3 is 0 Å². The van der Waals surface area contributed by atoms with Gasteiger partial charge in [0.15, 0.2) is 5.76 Å². The predicted octanol–water partition coefficient (Wildman–Crippen LogP) is 5.66. The first-order valence-corrected chi connectivity index (χ1v) is 9.87. The highest BCUT2D eigenvalue weighted by atomic mass is 35.5. The van der Waals surface area contributed by atoms with Gasteiger partial charge in [0.25, 0.3) is 5.91 Å². The molecule has 1 amide bonds. The molecule has 0 fully saturated rings. The van der Waals surface area contributed by atoms with Crippen molar-refractivity contribution in [3.63, 3.8) is 0 Å². The van der Waals surface area contributed by atoms with Gasteiger partial charge in [-0.05, 0) is 35.9 Å². The average molecular weight is 442 g/mol. The molecule has 0 unspecified atom stereocenters. The summed E-state index contributed by atoms with van der Waals surface area (Å²) in [5.74, 6) is 1.01. The molecule has 0 atom stereocenters. The number of nitrogens with zero attached hydrogens (tertiary/aromatic N) is 2. The Morgan fingerprint density at radius 2 is 1.90 bits per heavy atom. The predicted molar refractivity (Wildman–Crippen MR) is 115 cm³/mol. The molecule has 0 radical (unpaired) electrons. The van der Waals surface area contributed by atoms with E-state index >= 15 is 0 Å². The number of ether oxygens (including phenoxy) is 1. The van der Waals surface area contributed by atoms with Gasteiger partial charge in [-0.3, -0.25) is 4.79 Å². The van der Waals surface area contributed by atoms with Crippen LogP contribution in [-0.4, -0.2) is 15.7 Å². The summed E-state index contributed by atoms with van der Waals surface area (Å²) in [7, 11) is 0. The largest absolute Gasteiger partial charge is 0.489 e. The topological polar surface area (TPSA) is 69.3 Å². The molecule has 8 heteroatoms. The van der Waals surface area contributed by atoms with E-state index in [0.717, 1.165) is 5.56 Å². The number of carbonyl (C=O) groups is 1. The van der Waals surface area contributed by atoms with E-state index in [9.17, 15) is 4.79 Å². The molecule has 0 saturated heterocycles. The highest BCUT2D eigenvalue weighted by Gasteiger charge is 2.18. The van der Waals surface area contributed by atoms with Gasteiger partial charge in [0.05, 0.1) is 19.0 Å². The smallest absolute Gasteiger partial charge is 0.292 e. The first-order valence-electron chi connectivity index (χ1n) is 9.11. The maximum atomic E-state index is 12.8. The Labute approximate surface area is 183 Å². The van der Waals surface area contributed by atoms with Crippen molar-refractivity contribution in [1.29, 1.82) is 0 Å². The van der Waals surface area contributed by atoms with E-state index < -0.39 is 5.91 Å². The second kappa shape index (κ2) is 9.07. The maximum absolute atomic E-state index is 12.8. The molecular formula is C22H17Cl2N3O3. The zero-order valence-electron chi connectivity index (χ0n) is 15.7. The maximum Gasteiger partial charge on any atom is 0.292 e. The van der Waals surface area contributed by atoms with Crippen molar-refractivity contribution in [3.05, 3.63) is 100 Å². The number of amides is 1. The van der Waals surface area contributed by atoms with Gasteiger partial charge < -0.3 is 14.5 Å². The lowest BCUT2D eigenvalue weighted by atomic mass is 10.2. The van der Waals surface area contributed by atoms with Crippen LogP contribution in [0.4, 0.5) is 5.82 Å². The molecule has 6 nitrogen and oxygen atoms in total. The van der Waals surface area contributed by atoms with Gasteiger partial charge in [-0.25, -0.2) is 4.68 Å². The molecule has 0 saturated carbocycles. The van der Waals surface area contributed by atoms with Crippen molar-refractivity contribution in [2.24, 2.45) is 0 Å². The number of carbonyl (C=O) groups excluding carboxylic acids is 1. The van der Waals surface area contributed by atoms with Crippen LogP contribution in [0, 0.1) is 0 Å². The Bertz CT molecular complexity index is 1160. The van der Waals surface area contributed by atoms with E-state index in [-0.39, 0.29) is 12.4 Å². The van der Waals surface area contributed by atoms with E-state index in [2.05, 4.69) is 10.4 Å². The molecule has 1 N–H and O–H groups in total. The van der Waals surface area contributed by atoms with Crippen LogP contribution in [0.25, 0.3) is 0 Å². The van der Waals surface area contributed by atoms with E-state index in [1.165, 1.54) is 6.26 Å². The second-order valence-electron chi connectivity index (χ2n) is 6.44. The summed E-state index contributed by atoms with van der Waals surface area (Å²) in [4.78, 5) is 12.8. The SMILES string of the molecule is O=C(Nc1ccnn1Cc1ccc(Cl)cc1Cl)c1occc1COc1ccccc1. The van der Waals surface area contributed by atoms with Crippen molar-refractivity contribution in [1.82, 2.24) is 9.78 Å². The summed E-state index contributed by atoms with van der Waals surface area (Å²) in [5.41, 5.74) is 1.47. The summed E-state index contributed by atoms with van der Waals surface area (Å²) >= 11 is 12.2. The lowest BCUT2D eigenvalue weighted by Crippen LogP contribution is -2.17. The van der Waals surface area contributed by atoms with E-state index in [1.807, 2.05) is 36.4 Å². The van der Waals surface area contributed by atoms with Crippen molar-refractivity contribution in [3.8, 4) is 5.75 Å². The number of benzene rings is 2. The molecule has 2 aromatic carbocycles. The Hall–Kier alpha value is -3.22. The lowest BCUT2D eigenvalue weighted by molar-refractivity contribution is 0.0992. The van der Waals surface area contributed by atoms with Crippen LogP contribution in [-0.2, 0) is 13.2 Å². The number of hydrogen-bond donors (Lipinski definition) is 1. The second-order valence-corrected chi connectivity index (χ2v) is 7.28. The molecule has 2 aromatic heterocycles. The zero-order valence-corrected chi connectivity index (χ0v) is 17.2. The van der Waals surface area contributed by atoms with E-state index in [4.69, 9.17) is 32.4 Å². The minimum Gasteiger partial charge on any atom is -0.489 e. The monoisotopic (exact) mass is 441 g/mol. The molecule has 0 aliphatic carbocycles. The minimum atomic E-state index is -0.393. The Morgan fingerprint density at radius 3 is 2.70 bits per heavy atom. The third kappa shape index (κ3) is 4.67. The Kier molecular flexibility index (Phi) is 6.07. The molecule has 4 aromatic rings. The van der Waals surface area contributed by atoms with E-state index in [0.29, 0.717) is 33.7 Å². The van der Waals surface area contributed by atoms with Crippen LogP contribution >= 0.6 is 23.2 Å². The summed E-state index contributed by atoms with van der Waals surface area (Å²) in [5, 5.41) is 8.17. The molecular weight excluding hydrogens is 425 g/mol. The fraction of sp³-hybridized carbons (Fsp3) is 0.0909. The quantitative estimate of drug-likeness (QED) is 0.401. The highest BCUT2D eigenvalue weighted by molar-refractivity contribution is 6.35. The van der Waals surface area contributed by atoms with Gasteiger partial charge in [-0.2, -0.15) is 5.10 Å². The zero-order chi connectivity index (χ0) is 20.9. The standard InChI is InChI=1S/C22H17Cl2N3O3/c23-17-7-6-15(19(24)12-17)13-27-20(8-10-25-27)26-22(28)21-16(9-11-29-21)14-30-18-4-2-1-3-5-18/h1-12H,13-14H2,(H,26,28). The van der Waals surface area contributed by atoms with Gasteiger partial charge in [0, 0.05) is 21.7 Å². The molecule has 0 aliphatic rings. The molecule has 2 heterocycles. The Morgan fingerprint density at radius 1 is 1.07 bits per heavy atom. The lowest BCUT2D eigenvalue weighted by Gasteiger charge is -2.11. The first-order chi connectivity index (χ1) is 14.6. The van der Waals surface area contributed by atoms with Crippen molar-refractivity contribution >= 4 is 34.9 Å². The van der Waals surface area contributed by atoms with Gasteiger partial charge in [0.1, 0.15) is 18.2 Å². The number of aromatic nitrogens is 2. The van der Waals surface area contributed by atoms with Crippen LogP contribution in [0.2, 0.25) is 10.0 Å². The molecule has 152 valence electrons. The van der Waals surface area contributed by atoms with Crippen molar-refractivity contribution in [2.75, 3.05) is 5.32 Å². The first kappa shape index (κ1) is 20.1.